The molecule has 3 heterocycles. The first-order chi connectivity index (χ1) is 11.8. The van der Waals surface area contributed by atoms with Crippen LogP contribution in [0.3, 0.4) is 0 Å². The topological polar surface area (TPSA) is 44.8 Å². The predicted octanol–water partition coefficient (Wildman–Crippen LogP) is 4.38. The van der Waals surface area contributed by atoms with E-state index >= 15 is 0 Å². The van der Waals surface area contributed by atoms with Crippen LogP contribution in [0.4, 0.5) is 0 Å². The number of rotatable bonds is 5. The fraction of sp³-hybridized carbons (Fsp3) is 0.368. The summed E-state index contributed by atoms with van der Waals surface area (Å²) in [6.07, 6.45) is 8.41. The fourth-order valence-corrected chi connectivity index (χ4v) is 3.77. The van der Waals surface area contributed by atoms with Crippen molar-refractivity contribution in [2.75, 3.05) is 13.1 Å². The number of aromatic amines is 1. The molecule has 0 bridgehead atoms. The number of benzene rings is 1. The van der Waals surface area contributed by atoms with Crippen LogP contribution < -0.4 is 0 Å². The Kier molecular flexibility index (Phi) is 4.50. The molecule has 124 valence electrons. The average molecular weight is 341 g/mol. The lowest BCUT2D eigenvalue weighted by atomic mass is 10.1. The van der Waals surface area contributed by atoms with Crippen LogP contribution >= 0.6 is 11.6 Å². The molecule has 0 radical (unpaired) electrons. The Morgan fingerprint density at radius 3 is 3.12 bits per heavy atom. The number of hydrogen-bond donors (Lipinski definition) is 1. The number of fused-ring (bicyclic) bond motifs is 1. The Hall–Kier alpha value is -1.91. The van der Waals surface area contributed by atoms with Gasteiger partial charge in [-0.1, -0.05) is 17.7 Å². The standard InChI is InChI=1S/C19H21ClN4/c20-15-7-8-16-17(12-15)23-19(22-16)18-6-3-11-24(18)10-2-5-14-4-1-9-21-13-14/h1,4,7-9,12-13,18H,2-3,5-6,10-11H2,(H,22,23)/t18-/m0/s1. The second-order valence-corrected chi connectivity index (χ2v) is 6.88. The zero-order chi connectivity index (χ0) is 16.4. The smallest absolute Gasteiger partial charge is 0.124 e. The normalized spacial score (nSPS) is 18.5. The lowest BCUT2D eigenvalue weighted by Crippen LogP contribution is -2.25. The maximum Gasteiger partial charge on any atom is 0.124 e. The summed E-state index contributed by atoms with van der Waals surface area (Å²) in [5, 5.41) is 0.748. The number of likely N-dealkylation sites (tertiary alicyclic amines) is 1. The van der Waals surface area contributed by atoms with Gasteiger partial charge in [0.25, 0.3) is 0 Å². The number of pyridine rings is 1. The summed E-state index contributed by atoms with van der Waals surface area (Å²) in [6.45, 7) is 2.24. The highest BCUT2D eigenvalue weighted by Gasteiger charge is 2.27. The van der Waals surface area contributed by atoms with E-state index in [9.17, 15) is 0 Å². The van der Waals surface area contributed by atoms with Gasteiger partial charge in [-0.15, -0.1) is 0 Å². The van der Waals surface area contributed by atoms with E-state index in [-0.39, 0.29) is 0 Å². The maximum absolute atomic E-state index is 6.08. The Bertz CT molecular complexity index is 815. The van der Waals surface area contributed by atoms with E-state index in [0.717, 1.165) is 47.8 Å². The molecule has 4 nitrogen and oxygen atoms in total. The molecule has 0 unspecified atom stereocenters. The van der Waals surface area contributed by atoms with Crippen LogP contribution in [0.25, 0.3) is 11.0 Å². The van der Waals surface area contributed by atoms with Crippen LogP contribution in [0.1, 0.15) is 36.7 Å². The SMILES string of the molecule is Clc1ccc2nc([C@@H]3CCCN3CCCc3cccnc3)[nH]c2c1. The molecule has 0 spiro atoms. The van der Waals surface area contributed by atoms with Gasteiger partial charge < -0.3 is 4.98 Å². The van der Waals surface area contributed by atoms with Gasteiger partial charge in [-0.25, -0.2) is 4.98 Å². The summed E-state index contributed by atoms with van der Waals surface area (Å²) >= 11 is 6.08. The first-order valence-corrected chi connectivity index (χ1v) is 8.95. The highest BCUT2D eigenvalue weighted by molar-refractivity contribution is 6.31. The Morgan fingerprint density at radius 2 is 2.25 bits per heavy atom. The first kappa shape index (κ1) is 15.6. The van der Waals surface area contributed by atoms with E-state index in [1.165, 1.54) is 18.4 Å². The van der Waals surface area contributed by atoms with Gasteiger partial charge in [-0.2, -0.15) is 0 Å². The molecular formula is C19H21ClN4. The van der Waals surface area contributed by atoms with Gasteiger partial charge in [0, 0.05) is 17.4 Å². The maximum atomic E-state index is 6.08. The highest BCUT2D eigenvalue weighted by Crippen LogP contribution is 2.32. The highest BCUT2D eigenvalue weighted by atomic mass is 35.5. The molecule has 1 atom stereocenters. The van der Waals surface area contributed by atoms with Gasteiger partial charge in [0.15, 0.2) is 0 Å². The summed E-state index contributed by atoms with van der Waals surface area (Å²) in [5.74, 6) is 1.08. The summed E-state index contributed by atoms with van der Waals surface area (Å²) < 4.78 is 0. The summed E-state index contributed by atoms with van der Waals surface area (Å²) in [7, 11) is 0. The number of imidazole rings is 1. The number of nitrogens with one attached hydrogen (secondary N) is 1. The van der Waals surface area contributed by atoms with E-state index in [1.54, 1.807) is 0 Å². The average Bonchev–Trinajstić information content (AvgIpc) is 3.21. The van der Waals surface area contributed by atoms with Crippen LogP contribution in [-0.4, -0.2) is 32.9 Å². The van der Waals surface area contributed by atoms with E-state index < -0.39 is 0 Å². The minimum Gasteiger partial charge on any atom is -0.341 e. The van der Waals surface area contributed by atoms with Crippen LogP contribution in [0, 0.1) is 0 Å². The fourth-order valence-electron chi connectivity index (χ4n) is 3.60. The molecule has 0 aliphatic carbocycles. The molecule has 4 rings (SSSR count). The molecule has 1 N–H and O–H groups in total. The summed E-state index contributed by atoms with van der Waals surface area (Å²) in [6, 6.07) is 10.4. The second kappa shape index (κ2) is 6.91. The summed E-state index contributed by atoms with van der Waals surface area (Å²) in [5.41, 5.74) is 3.34. The molecule has 24 heavy (non-hydrogen) atoms. The minimum atomic E-state index is 0.394. The van der Waals surface area contributed by atoms with Crippen LogP contribution in [0.5, 0.6) is 0 Å². The van der Waals surface area contributed by atoms with Crippen LogP contribution in [0.2, 0.25) is 5.02 Å². The third kappa shape index (κ3) is 3.30. The van der Waals surface area contributed by atoms with Gasteiger partial charge in [-0.05, 0) is 68.6 Å². The molecule has 1 aromatic carbocycles. The zero-order valence-corrected chi connectivity index (χ0v) is 14.3. The molecule has 1 saturated heterocycles. The Morgan fingerprint density at radius 1 is 1.29 bits per heavy atom. The number of nitrogens with zero attached hydrogens (tertiary/aromatic N) is 3. The number of aryl methyl sites for hydroxylation is 1. The second-order valence-electron chi connectivity index (χ2n) is 6.44. The Balaban J connectivity index is 1.43. The molecule has 0 amide bonds. The summed E-state index contributed by atoms with van der Waals surface area (Å²) in [4.78, 5) is 15.0. The molecular weight excluding hydrogens is 320 g/mol. The molecule has 1 aliphatic heterocycles. The van der Waals surface area contributed by atoms with Crippen molar-refractivity contribution in [3.05, 3.63) is 59.1 Å². The molecule has 1 fully saturated rings. The molecule has 2 aromatic heterocycles. The van der Waals surface area contributed by atoms with E-state index in [0.29, 0.717) is 6.04 Å². The lowest BCUT2D eigenvalue weighted by Gasteiger charge is -2.22. The van der Waals surface area contributed by atoms with Gasteiger partial charge in [0.1, 0.15) is 5.82 Å². The van der Waals surface area contributed by atoms with Gasteiger partial charge in [0.05, 0.1) is 17.1 Å². The largest absolute Gasteiger partial charge is 0.341 e. The van der Waals surface area contributed by atoms with Crippen molar-refractivity contribution in [2.45, 2.75) is 31.7 Å². The van der Waals surface area contributed by atoms with Crippen molar-refractivity contribution in [3.63, 3.8) is 0 Å². The quantitative estimate of drug-likeness (QED) is 0.749. The van der Waals surface area contributed by atoms with Gasteiger partial charge in [-0.3, -0.25) is 9.88 Å². The van der Waals surface area contributed by atoms with Crippen molar-refractivity contribution >= 4 is 22.6 Å². The van der Waals surface area contributed by atoms with E-state index in [1.807, 2.05) is 36.7 Å². The zero-order valence-electron chi connectivity index (χ0n) is 13.6. The molecule has 3 aromatic rings. The number of halogens is 1. The minimum absolute atomic E-state index is 0.394. The third-order valence-electron chi connectivity index (χ3n) is 4.78. The molecule has 5 heteroatoms. The van der Waals surface area contributed by atoms with Crippen LogP contribution in [-0.2, 0) is 6.42 Å². The van der Waals surface area contributed by atoms with Crippen molar-refractivity contribution in [1.29, 1.82) is 0 Å². The van der Waals surface area contributed by atoms with Crippen molar-refractivity contribution < 1.29 is 0 Å². The molecule has 0 saturated carbocycles. The predicted molar refractivity (Wildman–Crippen MR) is 97.2 cm³/mol. The Labute approximate surface area is 146 Å². The first-order valence-electron chi connectivity index (χ1n) is 8.58. The number of aromatic nitrogens is 3. The number of H-pyrrole nitrogens is 1. The van der Waals surface area contributed by atoms with Crippen LogP contribution in [0.15, 0.2) is 42.7 Å². The van der Waals surface area contributed by atoms with Gasteiger partial charge >= 0.3 is 0 Å². The van der Waals surface area contributed by atoms with E-state index in [4.69, 9.17) is 16.6 Å². The monoisotopic (exact) mass is 340 g/mol. The van der Waals surface area contributed by atoms with Crippen molar-refractivity contribution in [1.82, 2.24) is 19.9 Å². The van der Waals surface area contributed by atoms with E-state index in [2.05, 4.69) is 20.9 Å². The van der Waals surface area contributed by atoms with Crippen molar-refractivity contribution in [3.8, 4) is 0 Å². The lowest BCUT2D eigenvalue weighted by molar-refractivity contribution is 0.247. The van der Waals surface area contributed by atoms with Gasteiger partial charge in [0.2, 0.25) is 0 Å². The number of hydrogen-bond acceptors (Lipinski definition) is 3. The van der Waals surface area contributed by atoms with Crippen molar-refractivity contribution in [2.24, 2.45) is 0 Å². The third-order valence-corrected chi connectivity index (χ3v) is 5.01. The molecule has 1 aliphatic rings.